The van der Waals surface area contributed by atoms with E-state index in [-0.39, 0.29) is 0 Å². The lowest BCUT2D eigenvalue weighted by molar-refractivity contribution is -0.139. The number of hydrogen-bond acceptors (Lipinski definition) is 2. The SMILES string of the molecule is CC1CCC(N[C@@H](C)C(=O)O)CC1. The van der Waals surface area contributed by atoms with Crippen LogP contribution in [0, 0.1) is 5.92 Å². The van der Waals surface area contributed by atoms with Gasteiger partial charge in [-0.15, -0.1) is 0 Å². The first-order valence-corrected chi connectivity index (χ1v) is 5.08. The number of carbonyl (C=O) groups is 1. The number of hydrogen-bond donors (Lipinski definition) is 2. The third kappa shape index (κ3) is 3.35. The van der Waals surface area contributed by atoms with E-state index in [1.165, 1.54) is 12.8 Å². The molecule has 0 aromatic heterocycles. The monoisotopic (exact) mass is 185 g/mol. The summed E-state index contributed by atoms with van der Waals surface area (Å²) in [5, 5.41) is 11.8. The van der Waals surface area contributed by atoms with E-state index in [0.717, 1.165) is 18.8 Å². The molecule has 0 spiro atoms. The van der Waals surface area contributed by atoms with Crippen molar-refractivity contribution in [2.45, 2.75) is 51.6 Å². The Balaban J connectivity index is 2.26. The van der Waals surface area contributed by atoms with Crippen LogP contribution in [0.3, 0.4) is 0 Å². The Morgan fingerprint density at radius 3 is 2.38 bits per heavy atom. The van der Waals surface area contributed by atoms with Gasteiger partial charge in [0.15, 0.2) is 0 Å². The summed E-state index contributed by atoms with van der Waals surface area (Å²) in [6.45, 7) is 3.97. The smallest absolute Gasteiger partial charge is 0.320 e. The molecular formula is C10H19NO2. The Hall–Kier alpha value is -0.570. The van der Waals surface area contributed by atoms with Gasteiger partial charge in [0.2, 0.25) is 0 Å². The number of aliphatic carboxylic acids is 1. The molecule has 2 N–H and O–H groups in total. The van der Waals surface area contributed by atoms with E-state index in [0.29, 0.717) is 6.04 Å². The molecule has 0 radical (unpaired) electrons. The van der Waals surface area contributed by atoms with Crippen molar-refractivity contribution in [3.05, 3.63) is 0 Å². The van der Waals surface area contributed by atoms with Crippen LogP contribution in [0.1, 0.15) is 39.5 Å². The standard InChI is InChI=1S/C10H19NO2/c1-7-3-5-9(6-4-7)11-8(2)10(12)13/h7-9,11H,3-6H2,1-2H3,(H,12,13)/t7?,8-,9?/m0/s1. The fourth-order valence-electron chi connectivity index (χ4n) is 1.85. The Morgan fingerprint density at radius 2 is 1.92 bits per heavy atom. The summed E-state index contributed by atoms with van der Waals surface area (Å²) in [6, 6.07) is 0.0145. The first-order valence-electron chi connectivity index (χ1n) is 5.08. The van der Waals surface area contributed by atoms with Gasteiger partial charge in [0.25, 0.3) is 0 Å². The molecule has 0 heterocycles. The second-order valence-corrected chi connectivity index (χ2v) is 4.18. The average molecular weight is 185 g/mol. The fourth-order valence-corrected chi connectivity index (χ4v) is 1.85. The molecule has 1 rings (SSSR count). The Kier molecular flexibility index (Phi) is 3.72. The van der Waals surface area contributed by atoms with E-state index in [1.54, 1.807) is 6.92 Å². The zero-order chi connectivity index (χ0) is 9.84. The molecule has 0 aromatic rings. The minimum absolute atomic E-state index is 0.404. The van der Waals surface area contributed by atoms with Gasteiger partial charge in [0, 0.05) is 6.04 Å². The fraction of sp³-hybridized carbons (Fsp3) is 0.900. The van der Waals surface area contributed by atoms with Gasteiger partial charge in [-0.3, -0.25) is 4.79 Å². The molecular weight excluding hydrogens is 166 g/mol. The van der Waals surface area contributed by atoms with Gasteiger partial charge < -0.3 is 10.4 Å². The van der Waals surface area contributed by atoms with Crippen molar-refractivity contribution in [2.75, 3.05) is 0 Å². The van der Waals surface area contributed by atoms with Crippen LogP contribution in [0.15, 0.2) is 0 Å². The van der Waals surface area contributed by atoms with E-state index in [1.807, 2.05) is 0 Å². The quantitative estimate of drug-likeness (QED) is 0.702. The third-order valence-corrected chi connectivity index (χ3v) is 2.87. The minimum Gasteiger partial charge on any atom is -0.480 e. The molecule has 0 aliphatic heterocycles. The number of rotatable bonds is 3. The highest BCUT2D eigenvalue weighted by molar-refractivity contribution is 5.72. The van der Waals surface area contributed by atoms with Crippen LogP contribution >= 0.6 is 0 Å². The van der Waals surface area contributed by atoms with Gasteiger partial charge >= 0.3 is 5.97 Å². The van der Waals surface area contributed by atoms with Gasteiger partial charge in [-0.05, 0) is 38.5 Å². The van der Waals surface area contributed by atoms with Gasteiger partial charge in [-0.25, -0.2) is 0 Å². The molecule has 3 nitrogen and oxygen atoms in total. The molecule has 0 amide bonds. The van der Waals surface area contributed by atoms with Crippen molar-refractivity contribution in [1.82, 2.24) is 5.32 Å². The van der Waals surface area contributed by atoms with Crippen LogP contribution in [0.25, 0.3) is 0 Å². The van der Waals surface area contributed by atoms with E-state index in [9.17, 15) is 4.79 Å². The summed E-state index contributed by atoms with van der Waals surface area (Å²) in [6.07, 6.45) is 4.70. The topological polar surface area (TPSA) is 49.3 Å². The largest absolute Gasteiger partial charge is 0.480 e. The number of nitrogens with one attached hydrogen (secondary N) is 1. The first kappa shape index (κ1) is 10.5. The molecule has 1 saturated carbocycles. The second-order valence-electron chi connectivity index (χ2n) is 4.18. The van der Waals surface area contributed by atoms with E-state index in [2.05, 4.69) is 12.2 Å². The summed E-state index contributed by atoms with van der Waals surface area (Å²) in [4.78, 5) is 10.6. The second kappa shape index (κ2) is 4.61. The minimum atomic E-state index is -0.751. The predicted molar refractivity (Wildman–Crippen MR) is 51.7 cm³/mol. The number of carboxylic acids is 1. The lowest BCUT2D eigenvalue weighted by Gasteiger charge is -2.28. The van der Waals surface area contributed by atoms with Crippen LogP contribution in [0.4, 0.5) is 0 Å². The van der Waals surface area contributed by atoms with Crippen LogP contribution in [-0.4, -0.2) is 23.2 Å². The molecule has 0 bridgehead atoms. The zero-order valence-corrected chi connectivity index (χ0v) is 8.42. The van der Waals surface area contributed by atoms with E-state index >= 15 is 0 Å². The van der Waals surface area contributed by atoms with Gasteiger partial charge in [0.1, 0.15) is 6.04 Å². The molecule has 1 aliphatic carbocycles. The number of carboxylic acid groups (broad SMARTS) is 1. The Labute approximate surface area is 79.5 Å². The van der Waals surface area contributed by atoms with Gasteiger partial charge in [-0.1, -0.05) is 6.92 Å². The Bertz CT molecular complexity index is 174. The lowest BCUT2D eigenvalue weighted by Crippen LogP contribution is -2.42. The summed E-state index contributed by atoms with van der Waals surface area (Å²) >= 11 is 0. The van der Waals surface area contributed by atoms with Crippen LogP contribution < -0.4 is 5.32 Å². The first-order chi connectivity index (χ1) is 6.09. The summed E-state index contributed by atoms with van der Waals surface area (Å²) in [5.74, 6) is 0.0665. The van der Waals surface area contributed by atoms with Crippen molar-refractivity contribution in [3.8, 4) is 0 Å². The van der Waals surface area contributed by atoms with Crippen LogP contribution in [-0.2, 0) is 4.79 Å². The van der Waals surface area contributed by atoms with Crippen LogP contribution in [0.5, 0.6) is 0 Å². The molecule has 1 atom stereocenters. The molecule has 3 heteroatoms. The maximum atomic E-state index is 10.6. The van der Waals surface area contributed by atoms with E-state index < -0.39 is 12.0 Å². The lowest BCUT2D eigenvalue weighted by atomic mass is 9.87. The highest BCUT2D eigenvalue weighted by Gasteiger charge is 2.21. The summed E-state index contributed by atoms with van der Waals surface area (Å²) in [7, 11) is 0. The van der Waals surface area contributed by atoms with Crippen molar-refractivity contribution >= 4 is 5.97 Å². The van der Waals surface area contributed by atoms with Crippen molar-refractivity contribution in [2.24, 2.45) is 5.92 Å². The summed E-state index contributed by atoms with van der Waals surface area (Å²) in [5.41, 5.74) is 0. The molecule has 0 aromatic carbocycles. The molecule has 0 unspecified atom stereocenters. The highest BCUT2D eigenvalue weighted by atomic mass is 16.4. The molecule has 76 valence electrons. The van der Waals surface area contributed by atoms with Gasteiger partial charge in [-0.2, -0.15) is 0 Å². The zero-order valence-electron chi connectivity index (χ0n) is 8.42. The maximum absolute atomic E-state index is 10.6. The molecule has 13 heavy (non-hydrogen) atoms. The molecule has 0 saturated heterocycles. The average Bonchev–Trinajstić information content (AvgIpc) is 2.08. The van der Waals surface area contributed by atoms with Gasteiger partial charge in [0.05, 0.1) is 0 Å². The van der Waals surface area contributed by atoms with Crippen molar-refractivity contribution in [1.29, 1.82) is 0 Å². The molecule has 1 fully saturated rings. The normalized spacial score (nSPS) is 31.2. The highest BCUT2D eigenvalue weighted by Crippen LogP contribution is 2.23. The van der Waals surface area contributed by atoms with Crippen molar-refractivity contribution < 1.29 is 9.90 Å². The third-order valence-electron chi connectivity index (χ3n) is 2.87. The Morgan fingerprint density at radius 1 is 1.38 bits per heavy atom. The van der Waals surface area contributed by atoms with Crippen molar-refractivity contribution in [3.63, 3.8) is 0 Å². The summed E-state index contributed by atoms with van der Waals surface area (Å²) < 4.78 is 0. The van der Waals surface area contributed by atoms with Crippen LogP contribution in [0.2, 0.25) is 0 Å². The van der Waals surface area contributed by atoms with E-state index in [4.69, 9.17) is 5.11 Å². The maximum Gasteiger partial charge on any atom is 0.320 e. The predicted octanol–water partition coefficient (Wildman–Crippen LogP) is 1.63. The molecule has 1 aliphatic rings.